The van der Waals surface area contributed by atoms with Gasteiger partial charge in [0.05, 0.1) is 10.6 Å². The van der Waals surface area contributed by atoms with Gasteiger partial charge >= 0.3 is 0 Å². The molecule has 110 valence electrons. The van der Waals surface area contributed by atoms with Gasteiger partial charge in [-0.05, 0) is 38.3 Å². The van der Waals surface area contributed by atoms with Gasteiger partial charge in [0, 0.05) is 30.9 Å². The third-order valence-electron chi connectivity index (χ3n) is 4.29. The number of hydrogen-bond donors (Lipinski definition) is 1. The molecule has 1 saturated heterocycles. The van der Waals surface area contributed by atoms with Crippen molar-refractivity contribution in [2.24, 2.45) is 0 Å². The summed E-state index contributed by atoms with van der Waals surface area (Å²) in [6.07, 6.45) is 4.98. The number of nitrogens with one attached hydrogen (secondary N) is 1. The van der Waals surface area contributed by atoms with Gasteiger partial charge in [-0.25, -0.2) is 8.42 Å². The van der Waals surface area contributed by atoms with E-state index < -0.39 is 9.84 Å². The standard InChI is InChI=1S/C15H22N2O2S/c1-11-9-12(10-17(11)13-7-8-13)16-14-5-3-4-6-15(14)20(2,18)19/h3-6,11-13,16H,7-10H2,1-2H3. The summed E-state index contributed by atoms with van der Waals surface area (Å²) in [6.45, 7) is 3.28. The van der Waals surface area contributed by atoms with Crippen LogP contribution in [0.4, 0.5) is 5.69 Å². The SMILES string of the molecule is CC1CC(Nc2ccccc2S(C)(=O)=O)CN1C1CC1. The number of nitrogens with zero attached hydrogens (tertiary/aromatic N) is 1. The molecule has 0 spiro atoms. The van der Waals surface area contributed by atoms with Crippen molar-refractivity contribution >= 4 is 15.5 Å². The molecule has 1 saturated carbocycles. The van der Waals surface area contributed by atoms with Crippen LogP contribution in [-0.4, -0.2) is 44.2 Å². The van der Waals surface area contributed by atoms with Crippen molar-refractivity contribution < 1.29 is 8.42 Å². The Morgan fingerprint density at radius 1 is 1.25 bits per heavy atom. The van der Waals surface area contributed by atoms with Crippen molar-refractivity contribution in [2.75, 3.05) is 18.1 Å². The van der Waals surface area contributed by atoms with E-state index in [0.29, 0.717) is 17.0 Å². The number of sulfone groups is 1. The predicted molar refractivity (Wildman–Crippen MR) is 80.8 cm³/mol. The smallest absolute Gasteiger partial charge is 0.177 e. The summed E-state index contributed by atoms with van der Waals surface area (Å²) in [5.74, 6) is 0. The molecule has 1 aliphatic heterocycles. The van der Waals surface area contributed by atoms with Gasteiger partial charge in [-0.15, -0.1) is 0 Å². The Labute approximate surface area is 121 Å². The van der Waals surface area contributed by atoms with Crippen molar-refractivity contribution in [1.29, 1.82) is 0 Å². The largest absolute Gasteiger partial charge is 0.380 e. The van der Waals surface area contributed by atoms with Gasteiger partial charge in [0.1, 0.15) is 0 Å². The average Bonchev–Trinajstić information content (AvgIpc) is 3.14. The molecule has 0 radical (unpaired) electrons. The lowest BCUT2D eigenvalue weighted by Crippen LogP contribution is -2.31. The lowest BCUT2D eigenvalue weighted by atomic mass is 10.2. The van der Waals surface area contributed by atoms with Crippen LogP contribution in [0.15, 0.2) is 29.2 Å². The number of hydrogen-bond acceptors (Lipinski definition) is 4. The normalized spacial score (nSPS) is 27.7. The molecular weight excluding hydrogens is 272 g/mol. The maximum absolute atomic E-state index is 11.8. The molecule has 1 N–H and O–H groups in total. The van der Waals surface area contributed by atoms with Crippen molar-refractivity contribution in [3.05, 3.63) is 24.3 Å². The predicted octanol–water partition coefficient (Wildman–Crippen LogP) is 2.13. The fraction of sp³-hybridized carbons (Fsp3) is 0.600. The Kier molecular flexibility index (Phi) is 3.50. The molecule has 5 heteroatoms. The van der Waals surface area contributed by atoms with Crippen molar-refractivity contribution in [1.82, 2.24) is 4.90 Å². The summed E-state index contributed by atoms with van der Waals surface area (Å²) in [5, 5.41) is 3.44. The minimum absolute atomic E-state index is 0.341. The molecule has 2 fully saturated rings. The van der Waals surface area contributed by atoms with E-state index in [1.165, 1.54) is 19.1 Å². The summed E-state index contributed by atoms with van der Waals surface area (Å²) in [4.78, 5) is 2.96. The lowest BCUT2D eigenvalue weighted by Gasteiger charge is -2.20. The van der Waals surface area contributed by atoms with Gasteiger partial charge in [-0.3, -0.25) is 4.90 Å². The third-order valence-corrected chi connectivity index (χ3v) is 5.44. The molecule has 0 bridgehead atoms. The zero-order valence-corrected chi connectivity index (χ0v) is 12.9. The molecule has 3 rings (SSSR count). The Bertz CT molecular complexity index is 596. The van der Waals surface area contributed by atoms with Gasteiger partial charge in [0.15, 0.2) is 9.84 Å². The first-order chi connectivity index (χ1) is 9.45. The molecular formula is C15H22N2O2S. The molecule has 2 atom stereocenters. The maximum Gasteiger partial charge on any atom is 0.177 e. The molecule has 1 heterocycles. The van der Waals surface area contributed by atoms with Crippen LogP contribution in [0, 0.1) is 0 Å². The van der Waals surface area contributed by atoms with E-state index in [1.807, 2.05) is 12.1 Å². The second-order valence-corrected chi connectivity index (χ2v) is 8.11. The summed E-state index contributed by atoms with van der Waals surface area (Å²) < 4.78 is 23.6. The van der Waals surface area contributed by atoms with Crippen molar-refractivity contribution in [3.8, 4) is 0 Å². The highest BCUT2D eigenvalue weighted by Crippen LogP contribution is 2.34. The molecule has 0 aromatic heterocycles. The molecule has 1 aliphatic carbocycles. The molecule has 1 aromatic carbocycles. The van der Waals surface area contributed by atoms with Gasteiger partial charge in [0.2, 0.25) is 0 Å². The van der Waals surface area contributed by atoms with Crippen LogP contribution in [0.25, 0.3) is 0 Å². The van der Waals surface area contributed by atoms with Crippen LogP contribution in [-0.2, 0) is 9.84 Å². The summed E-state index contributed by atoms with van der Waals surface area (Å²) in [5.41, 5.74) is 0.741. The molecule has 2 unspecified atom stereocenters. The van der Waals surface area contributed by atoms with E-state index in [2.05, 4.69) is 17.1 Å². The minimum atomic E-state index is -3.18. The van der Waals surface area contributed by atoms with Crippen LogP contribution in [0.5, 0.6) is 0 Å². The second-order valence-electron chi connectivity index (χ2n) is 6.12. The van der Waals surface area contributed by atoms with Crippen molar-refractivity contribution in [3.63, 3.8) is 0 Å². The van der Waals surface area contributed by atoms with Crippen LogP contribution >= 0.6 is 0 Å². The highest BCUT2D eigenvalue weighted by Gasteiger charge is 2.38. The molecule has 4 nitrogen and oxygen atoms in total. The second kappa shape index (κ2) is 5.04. The first-order valence-corrected chi connectivity index (χ1v) is 9.15. The molecule has 2 aliphatic rings. The lowest BCUT2D eigenvalue weighted by molar-refractivity contribution is 0.257. The number of rotatable bonds is 4. The van der Waals surface area contributed by atoms with Gasteiger partial charge in [-0.1, -0.05) is 12.1 Å². The quantitative estimate of drug-likeness (QED) is 0.924. The third kappa shape index (κ3) is 2.83. The van der Waals surface area contributed by atoms with Gasteiger partial charge in [-0.2, -0.15) is 0 Å². The first kappa shape index (κ1) is 13.9. The Morgan fingerprint density at radius 3 is 2.60 bits per heavy atom. The first-order valence-electron chi connectivity index (χ1n) is 7.26. The van der Waals surface area contributed by atoms with E-state index in [0.717, 1.165) is 24.7 Å². The molecule has 20 heavy (non-hydrogen) atoms. The summed E-state index contributed by atoms with van der Waals surface area (Å²) in [7, 11) is -3.18. The number of likely N-dealkylation sites (tertiary alicyclic amines) is 1. The average molecular weight is 294 g/mol. The van der Waals surface area contributed by atoms with Crippen LogP contribution < -0.4 is 5.32 Å². The van der Waals surface area contributed by atoms with E-state index in [1.54, 1.807) is 12.1 Å². The highest BCUT2D eigenvalue weighted by molar-refractivity contribution is 7.90. The van der Waals surface area contributed by atoms with E-state index in [-0.39, 0.29) is 0 Å². The maximum atomic E-state index is 11.8. The van der Waals surface area contributed by atoms with E-state index in [4.69, 9.17) is 0 Å². The molecule has 0 amide bonds. The molecule has 1 aromatic rings. The Morgan fingerprint density at radius 2 is 1.95 bits per heavy atom. The van der Waals surface area contributed by atoms with Crippen LogP contribution in [0.1, 0.15) is 26.2 Å². The Balaban J connectivity index is 1.76. The van der Waals surface area contributed by atoms with E-state index >= 15 is 0 Å². The van der Waals surface area contributed by atoms with Crippen LogP contribution in [0.3, 0.4) is 0 Å². The topological polar surface area (TPSA) is 49.4 Å². The summed E-state index contributed by atoms with van der Waals surface area (Å²) >= 11 is 0. The van der Waals surface area contributed by atoms with Gasteiger partial charge < -0.3 is 5.32 Å². The summed E-state index contributed by atoms with van der Waals surface area (Å²) in [6, 6.07) is 8.89. The minimum Gasteiger partial charge on any atom is -0.380 e. The number of para-hydroxylation sites is 1. The Hall–Kier alpha value is -1.07. The number of benzene rings is 1. The van der Waals surface area contributed by atoms with E-state index in [9.17, 15) is 8.42 Å². The fourth-order valence-corrected chi connectivity index (χ4v) is 4.06. The zero-order valence-electron chi connectivity index (χ0n) is 12.0. The van der Waals surface area contributed by atoms with Gasteiger partial charge in [0.25, 0.3) is 0 Å². The fourth-order valence-electron chi connectivity index (χ4n) is 3.20. The van der Waals surface area contributed by atoms with Crippen molar-refractivity contribution in [2.45, 2.75) is 49.2 Å². The zero-order chi connectivity index (χ0) is 14.3. The monoisotopic (exact) mass is 294 g/mol. The van der Waals surface area contributed by atoms with Crippen LogP contribution in [0.2, 0.25) is 0 Å². The highest BCUT2D eigenvalue weighted by atomic mass is 32.2. The number of anilines is 1.